The minimum atomic E-state index is -4.12. The van der Waals surface area contributed by atoms with Crippen LogP contribution >= 0.6 is 0 Å². The van der Waals surface area contributed by atoms with Crippen molar-refractivity contribution < 1.29 is 19.8 Å². The average molecular weight is 264 g/mol. The van der Waals surface area contributed by atoms with E-state index in [4.69, 9.17) is 12.3 Å². The maximum absolute atomic E-state index is 9.39. The summed E-state index contributed by atoms with van der Waals surface area (Å²) in [5.41, 5.74) is 2.25. The molecule has 0 aromatic rings. The van der Waals surface area contributed by atoms with Crippen LogP contribution < -0.4 is 0 Å². The van der Waals surface area contributed by atoms with Gasteiger partial charge in [-0.3, -0.25) is 0 Å². The fourth-order valence-corrected chi connectivity index (χ4v) is 0. The van der Waals surface area contributed by atoms with E-state index in [2.05, 4.69) is 0 Å². The molecule has 9 heavy (non-hydrogen) atoms. The molecule has 0 radical (unpaired) electrons. The summed E-state index contributed by atoms with van der Waals surface area (Å²) in [4.78, 5) is 0. The van der Waals surface area contributed by atoms with Gasteiger partial charge in [-0.15, -0.1) is 0 Å². The predicted molar refractivity (Wildman–Crippen MR) is 32.7 cm³/mol. The molecule has 0 aliphatic rings. The molecular weight excluding hydrogens is 254 g/mol. The van der Waals surface area contributed by atoms with Crippen molar-refractivity contribution in [2.45, 2.75) is 11.4 Å². The van der Waals surface area contributed by atoms with Gasteiger partial charge < -0.3 is 0 Å². The van der Waals surface area contributed by atoms with Crippen LogP contribution in [0.2, 0.25) is 11.4 Å². The quantitative estimate of drug-likeness (QED) is 0.450. The molecule has 0 saturated carbocycles. The van der Waals surface area contributed by atoms with E-state index in [1.807, 2.05) is 0 Å². The third kappa shape index (κ3) is 1050. The Balaban J connectivity index is 0. The molecule has 1 unspecified atom stereocenters. The second kappa shape index (κ2) is 5.39. The zero-order valence-electron chi connectivity index (χ0n) is 5.11. The van der Waals surface area contributed by atoms with Gasteiger partial charge in [0.15, 0.2) is 0 Å². The van der Waals surface area contributed by atoms with Crippen LogP contribution in [0.15, 0.2) is 0 Å². The van der Waals surface area contributed by atoms with Gasteiger partial charge in [0.25, 0.3) is 0 Å². The van der Waals surface area contributed by atoms with Crippen molar-refractivity contribution in [1.82, 2.24) is 0 Å². The second-order valence-corrected chi connectivity index (χ2v) is 7.04. The maximum atomic E-state index is 9.39. The van der Waals surface area contributed by atoms with Crippen LogP contribution in [0.3, 0.4) is 0 Å². The number of rotatable bonds is 0. The first-order chi connectivity index (χ1) is 3.73. The Morgan fingerprint density at radius 3 is 1.44 bits per heavy atom. The van der Waals surface area contributed by atoms with E-state index < -0.39 is 29.1 Å². The molecule has 7 heteroatoms. The van der Waals surface area contributed by atoms with Gasteiger partial charge >= 0.3 is 60.3 Å². The monoisotopic (exact) mass is 264 g/mol. The summed E-state index contributed by atoms with van der Waals surface area (Å²) in [5, 5.41) is 0. The summed E-state index contributed by atoms with van der Waals surface area (Å²) in [7, 11) is 0. The molecule has 0 spiro atoms. The zero-order valence-corrected chi connectivity index (χ0v) is 9.08. The fraction of sp³-hybridized carbons (Fsp3) is 1.00. The molecular formula is C2H10As2O5. The van der Waals surface area contributed by atoms with Crippen molar-refractivity contribution in [2.24, 2.45) is 0 Å². The summed E-state index contributed by atoms with van der Waals surface area (Å²) in [6.07, 6.45) is 0. The van der Waals surface area contributed by atoms with E-state index in [9.17, 15) is 7.48 Å². The van der Waals surface area contributed by atoms with Crippen LogP contribution in [0, 0.1) is 0 Å². The van der Waals surface area contributed by atoms with E-state index in [1.54, 1.807) is 0 Å². The van der Waals surface area contributed by atoms with Gasteiger partial charge in [-0.1, -0.05) is 0 Å². The third-order valence-corrected chi connectivity index (χ3v) is 0. The molecule has 1 atom stereocenters. The molecule has 0 amide bonds. The molecule has 0 heterocycles. The van der Waals surface area contributed by atoms with Crippen molar-refractivity contribution in [1.29, 1.82) is 0 Å². The summed E-state index contributed by atoms with van der Waals surface area (Å²) < 4.78 is 41.7. The summed E-state index contributed by atoms with van der Waals surface area (Å²) in [6.45, 7) is 0. The Bertz CT molecular complexity index is 113. The Labute approximate surface area is 60.5 Å². The molecule has 0 rings (SSSR count). The van der Waals surface area contributed by atoms with Crippen LogP contribution in [-0.2, 0) is 7.48 Å². The van der Waals surface area contributed by atoms with Crippen molar-refractivity contribution >= 4 is 29.1 Å². The number of hydrogen-bond acceptors (Lipinski definition) is 2. The molecule has 5 nitrogen and oxygen atoms in total. The van der Waals surface area contributed by atoms with E-state index >= 15 is 0 Å². The van der Waals surface area contributed by atoms with Crippen LogP contribution in [-0.4, -0.2) is 41.4 Å². The molecule has 3 N–H and O–H groups in total. The average Bonchev–Trinajstić information content (AvgIpc) is 1.19. The molecule has 0 saturated heterocycles. The standard InChI is InChI=1S/CH5AsO3.CH5AsO2/c1-2(3,4)5;1-2(3)4/h1H3,(H2,3,4,5);2H,1H3,(H,3,4). The van der Waals surface area contributed by atoms with E-state index in [1.165, 1.54) is 5.71 Å². The Hall–Kier alpha value is 0.597. The first kappa shape index (κ1) is 12.3. The van der Waals surface area contributed by atoms with Gasteiger partial charge in [0.1, 0.15) is 0 Å². The first-order valence-electron chi connectivity index (χ1n) is 1.96. The van der Waals surface area contributed by atoms with Gasteiger partial charge in [-0.25, -0.2) is 0 Å². The normalized spacial score (nSPS) is 13.4. The van der Waals surface area contributed by atoms with E-state index in [0.717, 1.165) is 5.71 Å². The first-order valence-corrected chi connectivity index (χ1v) is 10.2. The van der Waals surface area contributed by atoms with Crippen molar-refractivity contribution in [3.63, 3.8) is 0 Å². The van der Waals surface area contributed by atoms with Gasteiger partial charge in [-0.2, -0.15) is 0 Å². The van der Waals surface area contributed by atoms with Crippen LogP contribution in [0.1, 0.15) is 0 Å². The predicted octanol–water partition coefficient (Wildman–Crippen LogP) is -1.77. The van der Waals surface area contributed by atoms with Gasteiger partial charge in [0, 0.05) is 0 Å². The molecule has 0 bridgehead atoms. The molecule has 0 aliphatic carbocycles. The van der Waals surface area contributed by atoms with Crippen molar-refractivity contribution in [2.75, 3.05) is 0 Å². The topological polar surface area (TPSA) is 94.8 Å². The molecule has 58 valence electrons. The Morgan fingerprint density at radius 1 is 1.44 bits per heavy atom. The zero-order chi connectivity index (χ0) is 8.08. The van der Waals surface area contributed by atoms with Gasteiger partial charge in [-0.05, 0) is 0 Å². The third-order valence-electron chi connectivity index (χ3n) is 0. The van der Waals surface area contributed by atoms with Crippen LogP contribution in [0.25, 0.3) is 0 Å². The summed E-state index contributed by atoms with van der Waals surface area (Å²) in [5.74, 6) is 0. The van der Waals surface area contributed by atoms with Gasteiger partial charge in [0.05, 0.1) is 0 Å². The summed E-state index contributed by atoms with van der Waals surface area (Å²) in [6, 6.07) is 0. The molecule has 0 aliphatic heterocycles. The molecule has 0 aromatic heterocycles. The second-order valence-electron chi connectivity index (χ2n) is 1.35. The fourth-order valence-electron chi connectivity index (χ4n) is 0. The Morgan fingerprint density at radius 2 is 1.44 bits per heavy atom. The number of hydrogen-bond donors (Lipinski definition) is 3. The van der Waals surface area contributed by atoms with Crippen molar-refractivity contribution in [3.8, 4) is 0 Å². The Kier molecular flexibility index (Phi) is 7.36. The SMILES string of the molecule is C[AsH](=O)O.C[As](=O)(O)O. The van der Waals surface area contributed by atoms with Crippen LogP contribution in [0.5, 0.6) is 0 Å². The van der Waals surface area contributed by atoms with E-state index in [0.29, 0.717) is 0 Å². The van der Waals surface area contributed by atoms with Crippen LogP contribution in [0.4, 0.5) is 0 Å². The van der Waals surface area contributed by atoms with E-state index in [-0.39, 0.29) is 0 Å². The molecule has 0 fully saturated rings. The summed E-state index contributed by atoms with van der Waals surface area (Å²) >= 11 is -6.71. The van der Waals surface area contributed by atoms with Gasteiger partial charge in [0.2, 0.25) is 0 Å². The minimum absolute atomic E-state index is 0.915. The van der Waals surface area contributed by atoms with Crippen molar-refractivity contribution in [3.05, 3.63) is 0 Å². The molecule has 0 aromatic carbocycles.